The summed E-state index contributed by atoms with van der Waals surface area (Å²) in [5.41, 5.74) is 5.70. The minimum absolute atomic E-state index is 0.155. The monoisotopic (exact) mass is 378 g/mol. The van der Waals surface area contributed by atoms with Gasteiger partial charge in [0, 0.05) is 0 Å². The van der Waals surface area contributed by atoms with Crippen molar-refractivity contribution in [1.82, 2.24) is 14.6 Å². The van der Waals surface area contributed by atoms with Crippen LogP contribution >= 0.6 is 0 Å². The van der Waals surface area contributed by atoms with E-state index < -0.39 is 23.9 Å². The van der Waals surface area contributed by atoms with Gasteiger partial charge in [0.05, 0.1) is 11.6 Å². The van der Waals surface area contributed by atoms with Crippen LogP contribution in [0.2, 0.25) is 0 Å². The molecule has 9 nitrogen and oxygen atoms in total. The molecule has 0 bridgehead atoms. The predicted octanol–water partition coefficient (Wildman–Crippen LogP) is 0.843. The minimum Gasteiger partial charge on any atom is -0.462 e. The summed E-state index contributed by atoms with van der Waals surface area (Å²) in [6.45, 7) is 5.30. The maximum absolute atomic E-state index is 12.2. The first-order valence-corrected chi connectivity index (χ1v) is 9.11. The molecule has 0 amide bonds. The summed E-state index contributed by atoms with van der Waals surface area (Å²) in [6.07, 6.45) is -0.637. The van der Waals surface area contributed by atoms with Crippen LogP contribution in [0.3, 0.4) is 0 Å². The Balaban J connectivity index is 1.80. The molecule has 0 saturated carbocycles. The van der Waals surface area contributed by atoms with E-state index in [1.807, 2.05) is 13.8 Å². The molecule has 0 unspecified atom stereocenters. The molecule has 3 rings (SSSR count). The molecule has 3 heterocycles. The Hall–Kier alpha value is -2.23. The highest BCUT2D eigenvalue weighted by Gasteiger charge is 2.53. The molecule has 0 aromatic carbocycles. The number of nitrogens with zero attached hydrogens (tertiary/aromatic N) is 3. The Morgan fingerprint density at radius 2 is 2.11 bits per heavy atom. The summed E-state index contributed by atoms with van der Waals surface area (Å²) in [5.74, 6) is -0.225. The van der Waals surface area contributed by atoms with Gasteiger partial charge >= 0.3 is 5.97 Å². The smallest absolute Gasteiger partial charge is 0.309 e. The number of rotatable bonds is 6. The van der Waals surface area contributed by atoms with Crippen LogP contribution in [-0.2, 0) is 14.3 Å². The molecule has 27 heavy (non-hydrogen) atoms. The maximum atomic E-state index is 12.2. The summed E-state index contributed by atoms with van der Waals surface area (Å²) in [5, 5.41) is 25.2. The Labute approximate surface area is 157 Å². The highest BCUT2D eigenvalue weighted by atomic mass is 16.6. The van der Waals surface area contributed by atoms with Crippen LogP contribution in [0.5, 0.6) is 0 Å². The highest BCUT2D eigenvalue weighted by Crippen LogP contribution is 2.40. The number of nitrogens with two attached hydrogens (primary N) is 1. The molecule has 9 heteroatoms. The first-order chi connectivity index (χ1) is 12.8. The van der Waals surface area contributed by atoms with Gasteiger partial charge in [0.2, 0.25) is 0 Å². The van der Waals surface area contributed by atoms with E-state index in [9.17, 15) is 15.0 Å². The molecule has 2 aromatic rings. The molecule has 0 aliphatic carbocycles. The largest absolute Gasteiger partial charge is 0.462 e. The van der Waals surface area contributed by atoms with E-state index in [1.165, 1.54) is 10.8 Å². The van der Waals surface area contributed by atoms with Gasteiger partial charge in [-0.1, -0.05) is 13.8 Å². The average molecular weight is 378 g/mol. The molecular weight excluding hydrogens is 352 g/mol. The Kier molecular flexibility index (Phi) is 5.36. The van der Waals surface area contributed by atoms with Gasteiger partial charge in [0.15, 0.2) is 5.82 Å². The highest BCUT2D eigenvalue weighted by molar-refractivity contribution is 5.72. The fourth-order valence-electron chi connectivity index (χ4n) is 3.45. The second kappa shape index (κ2) is 7.41. The predicted molar refractivity (Wildman–Crippen MR) is 96.7 cm³/mol. The number of fused-ring (bicyclic) bond motifs is 1. The van der Waals surface area contributed by atoms with Gasteiger partial charge in [-0.3, -0.25) is 4.79 Å². The van der Waals surface area contributed by atoms with Crippen molar-refractivity contribution in [3.05, 3.63) is 24.2 Å². The standard InChI is InChI=1S/C18H26N4O5/c1-4-10(5-2)17(25)26-8-18(3)15(24)13(23)14(27-18)11-6-7-12-16(19)20-9-21-22(11)12/h6-7,9-10,13-15,23-24H,4-5,8H2,1-3H3,(H2,19,20,21)/t13-,14-,15-,18+/m0/s1. The first kappa shape index (κ1) is 19.5. The lowest BCUT2D eigenvalue weighted by molar-refractivity contribution is -0.164. The zero-order chi connectivity index (χ0) is 19.8. The molecule has 4 N–H and O–H groups in total. The van der Waals surface area contributed by atoms with Gasteiger partial charge < -0.3 is 25.4 Å². The lowest BCUT2D eigenvalue weighted by Crippen LogP contribution is -2.45. The fourth-order valence-corrected chi connectivity index (χ4v) is 3.45. The van der Waals surface area contributed by atoms with Gasteiger partial charge in [-0.05, 0) is 31.9 Å². The molecule has 1 aliphatic rings. The number of nitrogen functional groups attached to an aromatic ring is 1. The summed E-state index contributed by atoms with van der Waals surface area (Å²) in [4.78, 5) is 16.1. The van der Waals surface area contributed by atoms with Crippen molar-refractivity contribution in [3.63, 3.8) is 0 Å². The van der Waals surface area contributed by atoms with E-state index in [-0.39, 0.29) is 18.5 Å². The van der Waals surface area contributed by atoms with Crippen molar-refractivity contribution in [1.29, 1.82) is 0 Å². The van der Waals surface area contributed by atoms with Crippen LogP contribution in [0.15, 0.2) is 18.5 Å². The number of hydrogen-bond acceptors (Lipinski definition) is 8. The van der Waals surface area contributed by atoms with Gasteiger partial charge in [0.1, 0.15) is 42.4 Å². The molecular formula is C18H26N4O5. The van der Waals surface area contributed by atoms with E-state index in [0.717, 1.165) is 0 Å². The maximum Gasteiger partial charge on any atom is 0.309 e. The number of carbonyl (C=O) groups is 1. The van der Waals surface area contributed by atoms with Crippen molar-refractivity contribution >= 4 is 17.3 Å². The number of aliphatic hydroxyl groups is 2. The SMILES string of the molecule is CCC(CC)C(=O)OC[C@@]1(C)O[C@@H](c2ccc3c(N)ncnn23)[C@H](O)[C@@H]1O. The van der Waals surface area contributed by atoms with Crippen molar-refractivity contribution in [2.24, 2.45) is 5.92 Å². The van der Waals surface area contributed by atoms with Crippen LogP contribution in [0.1, 0.15) is 45.4 Å². The van der Waals surface area contributed by atoms with Crippen molar-refractivity contribution < 1.29 is 24.5 Å². The zero-order valence-corrected chi connectivity index (χ0v) is 15.7. The molecule has 2 aromatic heterocycles. The lowest BCUT2D eigenvalue weighted by atomic mass is 9.96. The third-order valence-electron chi connectivity index (χ3n) is 5.28. The second-order valence-corrected chi connectivity index (χ2v) is 7.11. The molecule has 1 fully saturated rings. The van der Waals surface area contributed by atoms with E-state index in [4.69, 9.17) is 15.2 Å². The normalized spacial score (nSPS) is 28.1. The summed E-state index contributed by atoms with van der Waals surface area (Å²) in [6, 6.07) is 3.43. The number of aliphatic hydroxyl groups excluding tert-OH is 2. The third-order valence-corrected chi connectivity index (χ3v) is 5.28. The topological polar surface area (TPSA) is 132 Å². The summed E-state index contributed by atoms with van der Waals surface area (Å²) < 4.78 is 12.9. The Morgan fingerprint density at radius 1 is 1.41 bits per heavy atom. The molecule has 148 valence electrons. The van der Waals surface area contributed by atoms with Gasteiger partial charge in [-0.25, -0.2) is 9.50 Å². The average Bonchev–Trinajstić information content (AvgIpc) is 3.18. The van der Waals surface area contributed by atoms with E-state index in [1.54, 1.807) is 19.1 Å². The minimum atomic E-state index is -1.24. The Morgan fingerprint density at radius 3 is 2.78 bits per heavy atom. The van der Waals surface area contributed by atoms with Crippen LogP contribution in [-0.4, -0.2) is 55.2 Å². The van der Waals surface area contributed by atoms with Gasteiger partial charge in [-0.2, -0.15) is 5.10 Å². The number of ether oxygens (including phenoxy) is 2. The number of aromatic nitrogens is 3. The van der Waals surface area contributed by atoms with E-state index in [0.29, 0.717) is 29.9 Å². The third kappa shape index (κ3) is 3.38. The molecule has 0 radical (unpaired) electrons. The molecule has 0 spiro atoms. The molecule has 1 saturated heterocycles. The zero-order valence-electron chi connectivity index (χ0n) is 15.7. The van der Waals surface area contributed by atoms with E-state index in [2.05, 4.69) is 10.1 Å². The van der Waals surface area contributed by atoms with Crippen LogP contribution < -0.4 is 5.73 Å². The van der Waals surface area contributed by atoms with Crippen LogP contribution in [0.25, 0.3) is 5.52 Å². The second-order valence-electron chi connectivity index (χ2n) is 7.11. The van der Waals surface area contributed by atoms with Crippen LogP contribution in [0, 0.1) is 5.92 Å². The van der Waals surface area contributed by atoms with Crippen molar-refractivity contribution in [2.75, 3.05) is 12.3 Å². The molecule has 1 aliphatic heterocycles. The lowest BCUT2D eigenvalue weighted by Gasteiger charge is -2.27. The van der Waals surface area contributed by atoms with E-state index >= 15 is 0 Å². The molecule has 4 atom stereocenters. The number of esters is 1. The van der Waals surface area contributed by atoms with Gasteiger partial charge in [0.25, 0.3) is 0 Å². The Bertz CT molecular complexity index is 821. The quantitative estimate of drug-likeness (QED) is 0.630. The fraction of sp³-hybridized carbons (Fsp3) is 0.611. The van der Waals surface area contributed by atoms with Crippen molar-refractivity contribution in [2.45, 2.75) is 57.5 Å². The van der Waals surface area contributed by atoms with Crippen molar-refractivity contribution in [3.8, 4) is 0 Å². The van der Waals surface area contributed by atoms with Crippen LogP contribution in [0.4, 0.5) is 5.82 Å². The summed E-state index contributed by atoms with van der Waals surface area (Å²) in [7, 11) is 0. The number of hydrogen-bond donors (Lipinski definition) is 3. The summed E-state index contributed by atoms with van der Waals surface area (Å²) >= 11 is 0. The van der Waals surface area contributed by atoms with Gasteiger partial charge in [-0.15, -0.1) is 0 Å². The first-order valence-electron chi connectivity index (χ1n) is 9.11. The number of anilines is 1. The number of carbonyl (C=O) groups excluding carboxylic acids is 1.